The number of hydrogen-bond acceptors (Lipinski definition) is 6. The van der Waals surface area contributed by atoms with E-state index in [1.807, 2.05) is 0 Å². The number of alkyl halides is 3. The number of hydrazone groups is 1. The summed E-state index contributed by atoms with van der Waals surface area (Å²) >= 11 is 0. The van der Waals surface area contributed by atoms with Gasteiger partial charge < -0.3 is 21.9 Å². The molecule has 0 aliphatic heterocycles. The zero-order chi connectivity index (χ0) is 20.0. The van der Waals surface area contributed by atoms with Crippen LogP contribution in [0.3, 0.4) is 0 Å². The van der Waals surface area contributed by atoms with Crippen LogP contribution >= 0.6 is 0 Å². The third kappa shape index (κ3) is 5.33. The molecule has 2 rings (SSSR count). The van der Waals surface area contributed by atoms with Crippen molar-refractivity contribution in [2.45, 2.75) is 12.2 Å². The van der Waals surface area contributed by atoms with Gasteiger partial charge in [0.2, 0.25) is 0 Å². The summed E-state index contributed by atoms with van der Waals surface area (Å²) in [7, 11) is 0. The van der Waals surface area contributed by atoms with E-state index in [0.717, 1.165) is 17.3 Å². The van der Waals surface area contributed by atoms with E-state index in [1.165, 1.54) is 12.1 Å². The van der Waals surface area contributed by atoms with Gasteiger partial charge in [0, 0.05) is 23.5 Å². The fourth-order valence-corrected chi connectivity index (χ4v) is 2.24. The molecule has 0 radical (unpaired) electrons. The molecule has 2 aromatic carbocycles. The second-order valence-corrected chi connectivity index (χ2v) is 5.68. The number of nitrogens with zero attached hydrogens (tertiary/aromatic N) is 2. The Bertz CT molecular complexity index is 775. The van der Waals surface area contributed by atoms with Crippen LogP contribution in [-0.2, 0) is 6.18 Å². The molecule has 146 valence electrons. The van der Waals surface area contributed by atoms with Crippen LogP contribution in [0.15, 0.2) is 53.6 Å². The summed E-state index contributed by atoms with van der Waals surface area (Å²) in [5.41, 5.74) is 12.2. The monoisotopic (exact) mass is 382 g/mol. The lowest BCUT2D eigenvalue weighted by Gasteiger charge is -2.22. The Labute approximate surface area is 154 Å². The number of aliphatic hydroxyl groups excluding tert-OH is 1. The molecule has 8 N–H and O–H groups in total. The van der Waals surface area contributed by atoms with Gasteiger partial charge in [0.15, 0.2) is 5.84 Å². The number of benzene rings is 2. The van der Waals surface area contributed by atoms with Crippen LogP contribution in [0, 0.1) is 0 Å². The minimum absolute atomic E-state index is 0.0550. The molecule has 0 aliphatic rings. The largest absolute Gasteiger partial charge is 0.416 e. The van der Waals surface area contributed by atoms with Crippen LogP contribution in [0.2, 0.25) is 0 Å². The maximum atomic E-state index is 12.7. The van der Waals surface area contributed by atoms with Gasteiger partial charge in [-0.1, -0.05) is 12.1 Å². The van der Waals surface area contributed by atoms with Gasteiger partial charge in [-0.15, -0.1) is 5.10 Å². The summed E-state index contributed by atoms with van der Waals surface area (Å²) < 4.78 is 38.0. The zero-order valence-corrected chi connectivity index (χ0v) is 14.3. The number of nitrogens with one attached hydrogen (secondary N) is 1. The first-order valence-corrected chi connectivity index (χ1v) is 7.99. The number of hydrogen-bond donors (Lipinski definition) is 5. The highest BCUT2D eigenvalue weighted by molar-refractivity contribution is 6.02. The highest BCUT2D eigenvalue weighted by Crippen LogP contribution is 2.30. The quantitative estimate of drug-likeness (QED) is 0.214. The lowest BCUT2D eigenvalue weighted by Crippen LogP contribution is -2.45. The molecule has 0 saturated carbocycles. The van der Waals surface area contributed by atoms with Crippen molar-refractivity contribution in [3.63, 3.8) is 0 Å². The molecule has 0 amide bonds. The van der Waals surface area contributed by atoms with Gasteiger partial charge in [-0.2, -0.15) is 13.2 Å². The van der Waals surface area contributed by atoms with E-state index in [1.54, 1.807) is 24.3 Å². The molecule has 10 heteroatoms. The molecule has 0 saturated heterocycles. The summed E-state index contributed by atoms with van der Waals surface area (Å²) in [6.07, 6.45) is -4.40. The number of rotatable bonds is 7. The number of hydrazine groups is 1. The van der Waals surface area contributed by atoms with Gasteiger partial charge in [0.05, 0.1) is 18.2 Å². The predicted molar refractivity (Wildman–Crippen MR) is 97.8 cm³/mol. The first-order chi connectivity index (χ1) is 12.8. The van der Waals surface area contributed by atoms with E-state index in [9.17, 15) is 18.3 Å². The van der Waals surface area contributed by atoms with Crippen LogP contribution in [0.4, 0.5) is 24.5 Å². The summed E-state index contributed by atoms with van der Waals surface area (Å²) in [5.74, 6) is 5.79. The number of halogens is 3. The van der Waals surface area contributed by atoms with Crippen molar-refractivity contribution in [2.75, 3.05) is 18.5 Å². The molecule has 7 nitrogen and oxygen atoms in total. The number of amidine groups is 1. The van der Waals surface area contributed by atoms with Crippen molar-refractivity contribution in [1.82, 2.24) is 5.12 Å². The summed E-state index contributed by atoms with van der Waals surface area (Å²) in [6, 6.07) is 10.8. The SMILES string of the molecule is NCC(CO)N(N)/N=C(\N)c1ccccc1Nc1ccc(C(F)(F)F)cc1. The van der Waals surface area contributed by atoms with Gasteiger partial charge in [0.25, 0.3) is 0 Å². The molecule has 0 aliphatic carbocycles. The molecular weight excluding hydrogens is 361 g/mol. The van der Waals surface area contributed by atoms with Gasteiger partial charge in [-0.3, -0.25) is 0 Å². The van der Waals surface area contributed by atoms with Gasteiger partial charge in [0.1, 0.15) is 0 Å². The standard InChI is InChI=1S/C17H21F3N6O/c18-17(19,20)11-5-7-12(8-6-11)24-15-4-2-1-3-14(15)16(22)25-26(23)13(9-21)10-27/h1-8,13,24,27H,9-10,21,23H2,(H2,22,25). The smallest absolute Gasteiger partial charge is 0.394 e. The Balaban J connectivity index is 2.25. The maximum Gasteiger partial charge on any atom is 0.416 e. The second-order valence-electron chi connectivity index (χ2n) is 5.68. The molecular formula is C17H21F3N6O. The van der Waals surface area contributed by atoms with Crippen LogP contribution in [0.5, 0.6) is 0 Å². The first-order valence-electron chi connectivity index (χ1n) is 7.99. The minimum Gasteiger partial charge on any atom is -0.394 e. The Hall–Kier alpha value is -2.82. The zero-order valence-electron chi connectivity index (χ0n) is 14.3. The number of aliphatic hydroxyl groups is 1. The average molecular weight is 382 g/mol. The molecule has 0 bridgehead atoms. The Kier molecular flexibility index (Phi) is 6.61. The van der Waals surface area contributed by atoms with Gasteiger partial charge in [-0.25, -0.2) is 11.0 Å². The average Bonchev–Trinajstić information content (AvgIpc) is 2.63. The van der Waals surface area contributed by atoms with Crippen LogP contribution < -0.4 is 22.6 Å². The molecule has 1 unspecified atom stereocenters. The maximum absolute atomic E-state index is 12.7. The lowest BCUT2D eigenvalue weighted by molar-refractivity contribution is -0.137. The van der Waals surface area contributed by atoms with Crippen LogP contribution in [0.25, 0.3) is 0 Å². The van der Waals surface area contributed by atoms with Crippen molar-refractivity contribution in [3.05, 3.63) is 59.7 Å². The Morgan fingerprint density at radius 2 is 1.78 bits per heavy atom. The van der Waals surface area contributed by atoms with Gasteiger partial charge >= 0.3 is 6.18 Å². The summed E-state index contributed by atoms with van der Waals surface area (Å²) in [4.78, 5) is 0. The molecule has 0 fully saturated rings. The fraction of sp³-hybridized carbons (Fsp3) is 0.235. The second kappa shape index (κ2) is 8.71. The summed E-state index contributed by atoms with van der Waals surface area (Å²) in [6.45, 7) is -0.218. The molecule has 2 aromatic rings. The van der Waals surface area contributed by atoms with E-state index >= 15 is 0 Å². The van der Waals surface area contributed by atoms with E-state index in [4.69, 9.17) is 17.3 Å². The van der Waals surface area contributed by atoms with Crippen molar-refractivity contribution in [3.8, 4) is 0 Å². The third-order valence-electron chi connectivity index (χ3n) is 3.77. The topological polar surface area (TPSA) is 126 Å². The third-order valence-corrected chi connectivity index (χ3v) is 3.77. The van der Waals surface area contributed by atoms with E-state index in [2.05, 4.69) is 10.4 Å². The summed E-state index contributed by atoms with van der Waals surface area (Å²) in [5, 5.41) is 17.2. The first kappa shape index (κ1) is 20.5. The fourth-order valence-electron chi connectivity index (χ4n) is 2.24. The number of anilines is 2. The van der Waals surface area contributed by atoms with E-state index < -0.39 is 17.8 Å². The molecule has 0 heterocycles. The number of para-hydroxylation sites is 1. The lowest BCUT2D eigenvalue weighted by atomic mass is 10.1. The molecule has 0 spiro atoms. The van der Waals surface area contributed by atoms with Crippen molar-refractivity contribution in [1.29, 1.82) is 0 Å². The minimum atomic E-state index is -4.40. The highest BCUT2D eigenvalue weighted by atomic mass is 19.4. The Morgan fingerprint density at radius 3 is 2.33 bits per heavy atom. The molecule has 1 atom stereocenters. The van der Waals surface area contributed by atoms with E-state index in [-0.39, 0.29) is 19.0 Å². The number of nitrogens with two attached hydrogens (primary N) is 3. The molecule has 0 aromatic heterocycles. The van der Waals surface area contributed by atoms with Gasteiger partial charge in [-0.05, 0) is 36.4 Å². The van der Waals surface area contributed by atoms with Crippen molar-refractivity contribution >= 4 is 17.2 Å². The van der Waals surface area contributed by atoms with Crippen LogP contribution in [0.1, 0.15) is 11.1 Å². The predicted octanol–water partition coefficient (Wildman–Crippen LogP) is 1.56. The Morgan fingerprint density at radius 1 is 1.15 bits per heavy atom. The van der Waals surface area contributed by atoms with Crippen molar-refractivity contribution < 1.29 is 18.3 Å². The normalized spacial score (nSPS) is 13.3. The van der Waals surface area contributed by atoms with Crippen molar-refractivity contribution in [2.24, 2.45) is 22.4 Å². The van der Waals surface area contributed by atoms with E-state index in [0.29, 0.717) is 16.9 Å². The highest BCUT2D eigenvalue weighted by Gasteiger charge is 2.29. The molecule has 27 heavy (non-hydrogen) atoms. The van der Waals surface area contributed by atoms with Crippen LogP contribution in [-0.4, -0.2) is 35.3 Å².